The highest BCUT2D eigenvalue weighted by atomic mass is 16.5. The van der Waals surface area contributed by atoms with Gasteiger partial charge in [0.25, 0.3) is 0 Å². The molecule has 5 nitrogen and oxygen atoms in total. The van der Waals surface area contributed by atoms with E-state index in [2.05, 4.69) is 50.1 Å². The smallest absolute Gasteiger partial charge is 0.122 e. The van der Waals surface area contributed by atoms with E-state index in [4.69, 9.17) is 4.74 Å². The third-order valence-electron chi connectivity index (χ3n) is 4.16. The Morgan fingerprint density at radius 3 is 3.00 bits per heavy atom. The highest BCUT2D eigenvalue weighted by Crippen LogP contribution is 2.18. The molecule has 2 heterocycles. The lowest BCUT2D eigenvalue weighted by molar-refractivity contribution is 0.174. The monoisotopic (exact) mass is 300 g/mol. The molecule has 0 aliphatic carbocycles. The van der Waals surface area contributed by atoms with E-state index < -0.39 is 0 Å². The summed E-state index contributed by atoms with van der Waals surface area (Å²) in [6, 6.07) is 11.1. The van der Waals surface area contributed by atoms with Crippen LogP contribution < -0.4 is 5.32 Å². The number of nitrogens with one attached hydrogen (secondary N) is 1. The van der Waals surface area contributed by atoms with Crippen molar-refractivity contribution < 1.29 is 4.74 Å². The summed E-state index contributed by atoms with van der Waals surface area (Å²) in [6.45, 7) is 5.55. The van der Waals surface area contributed by atoms with Gasteiger partial charge in [-0.15, -0.1) is 0 Å². The van der Waals surface area contributed by atoms with Crippen LogP contribution in [0.4, 0.5) is 0 Å². The normalized spacial score (nSPS) is 19.4. The highest BCUT2D eigenvalue weighted by molar-refractivity contribution is 5.19. The molecule has 1 N–H and O–H groups in total. The van der Waals surface area contributed by atoms with Gasteiger partial charge >= 0.3 is 0 Å². The third kappa shape index (κ3) is 3.74. The zero-order valence-corrected chi connectivity index (χ0v) is 13.1. The van der Waals surface area contributed by atoms with Crippen LogP contribution in [0, 0.1) is 0 Å². The lowest BCUT2D eigenvalue weighted by atomic mass is 10.0. The number of benzene rings is 1. The summed E-state index contributed by atoms with van der Waals surface area (Å²) in [5.74, 6) is 1.12. The predicted octanol–water partition coefficient (Wildman–Crippen LogP) is 1.68. The maximum atomic E-state index is 5.16. The first kappa shape index (κ1) is 15.2. The molecule has 1 aromatic heterocycles. The Morgan fingerprint density at radius 1 is 1.32 bits per heavy atom. The van der Waals surface area contributed by atoms with Crippen molar-refractivity contribution in [2.45, 2.75) is 19.1 Å². The first-order valence-electron chi connectivity index (χ1n) is 7.86. The molecular formula is C17H24N4O. The van der Waals surface area contributed by atoms with Gasteiger partial charge in [0, 0.05) is 51.7 Å². The lowest BCUT2D eigenvalue weighted by Gasteiger charge is -2.33. The fraction of sp³-hybridized carbons (Fsp3) is 0.471. The molecule has 3 rings (SSSR count). The summed E-state index contributed by atoms with van der Waals surface area (Å²) in [5, 5.41) is 3.60. The largest absolute Gasteiger partial charge is 0.383 e. The van der Waals surface area contributed by atoms with Crippen LogP contribution in [0.5, 0.6) is 0 Å². The Morgan fingerprint density at radius 2 is 2.18 bits per heavy atom. The SMILES string of the molecule is COCCn1ccnc1CN1CCN[C@@H](c2ccccc2)C1. The quantitative estimate of drug-likeness (QED) is 0.881. The number of hydrogen-bond donors (Lipinski definition) is 1. The molecule has 0 bridgehead atoms. The van der Waals surface area contributed by atoms with E-state index in [0.29, 0.717) is 6.04 Å². The molecule has 0 spiro atoms. The van der Waals surface area contributed by atoms with Gasteiger partial charge in [0.05, 0.1) is 13.2 Å². The zero-order chi connectivity index (χ0) is 15.2. The van der Waals surface area contributed by atoms with Gasteiger partial charge in [0.15, 0.2) is 0 Å². The maximum Gasteiger partial charge on any atom is 0.122 e. The first-order valence-corrected chi connectivity index (χ1v) is 7.86. The van der Waals surface area contributed by atoms with E-state index in [9.17, 15) is 0 Å². The predicted molar refractivity (Wildman–Crippen MR) is 86.6 cm³/mol. The molecular weight excluding hydrogens is 276 g/mol. The van der Waals surface area contributed by atoms with Crippen molar-refractivity contribution in [3.05, 3.63) is 54.1 Å². The standard InChI is InChI=1S/C17H24N4O/c1-22-12-11-21-10-8-19-17(21)14-20-9-7-18-16(13-20)15-5-3-2-4-6-15/h2-6,8,10,16,18H,7,9,11-14H2,1H3/t16-/m1/s1. The van der Waals surface area contributed by atoms with E-state index in [1.807, 2.05) is 12.4 Å². The molecule has 0 amide bonds. The van der Waals surface area contributed by atoms with Crippen molar-refractivity contribution >= 4 is 0 Å². The Kier molecular flexibility index (Phi) is 5.21. The Labute approximate surface area is 131 Å². The summed E-state index contributed by atoms with van der Waals surface area (Å²) in [5.41, 5.74) is 1.36. The van der Waals surface area contributed by atoms with Crippen LogP contribution in [0.15, 0.2) is 42.7 Å². The third-order valence-corrected chi connectivity index (χ3v) is 4.16. The first-order chi connectivity index (χ1) is 10.9. The van der Waals surface area contributed by atoms with Crippen LogP contribution in [-0.2, 0) is 17.8 Å². The fourth-order valence-electron chi connectivity index (χ4n) is 2.95. The summed E-state index contributed by atoms with van der Waals surface area (Å²) in [4.78, 5) is 6.98. The van der Waals surface area contributed by atoms with Gasteiger partial charge in [-0.25, -0.2) is 4.98 Å². The average Bonchev–Trinajstić information content (AvgIpc) is 3.01. The van der Waals surface area contributed by atoms with E-state index in [0.717, 1.165) is 45.2 Å². The number of imidazole rings is 1. The van der Waals surface area contributed by atoms with Crippen molar-refractivity contribution in [3.63, 3.8) is 0 Å². The summed E-state index contributed by atoms with van der Waals surface area (Å²) in [7, 11) is 1.73. The Bertz CT molecular complexity index is 569. The minimum atomic E-state index is 0.400. The second kappa shape index (κ2) is 7.54. The Balaban J connectivity index is 1.62. The van der Waals surface area contributed by atoms with Gasteiger partial charge in [-0.05, 0) is 5.56 Å². The molecule has 118 valence electrons. The molecule has 22 heavy (non-hydrogen) atoms. The van der Waals surface area contributed by atoms with Crippen molar-refractivity contribution in [2.24, 2.45) is 0 Å². The minimum Gasteiger partial charge on any atom is -0.383 e. The van der Waals surface area contributed by atoms with Gasteiger partial charge < -0.3 is 14.6 Å². The molecule has 2 aromatic rings. The number of ether oxygens (including phenoxy) is 1. The number of aromatic nitrogens is 2. The van der Waals surface area contributed by atoms with E-state index in [1.165, 1.54) is 5.56 Å². The summed E-state index contributed by atoms with van der Waals surface area (Å²) >= 11 is 0. The molecule has 5 heteroatoms. The molecule has 1 saturated heterocycles. The topological polar surface area (TPSA) is 42.3 Å². The molecule has 1 aromatic carbocycles. The van der Waals surface area contributed by atoms with Crippen molar-refractivity contribution in [1.82, 2.24) is 19.8 Å². The van der Waals surface area contributed by atoms with E-state index in [-0.39, 0.29) is 0 Å². The molecule has 0 saturated carbocycles. The second-order valence-corrected chi connectivity index (χ2v) is 5.68. The number of rotatable bonds is 6. The van der Waals surface area contributed by atoms with Crippen molar-refractivity contribution in [1.29, 1.82) is 0 Å². The molecule has 1 aliphatic rings. The highest BCUT2D eigenvalue weighted by Gasteiger charge is 2.21. The molecule has 1 atom stereocenters. The van der Waals surface area contributed by atoms with Gasteiger partial charge in [-0.1, -0.05) is 30.3 Å². The average molecular weight is 300 g/mol. The molecule has 0 radical (unpaired) electrons. The van der Waals surface area contributed by atoms with Crippen molar-refractivity contribution in [3.8, 4) is 0 Å². The molecule has 0 unspecified atom stereocenters. The zero-order valence-electron chi connectivity index (χ0n) is 13.1. The van der Waals surface area contributed by atoms with E-state index in [1.54, 1.807) is 7.11 Å². The van der Waals surface area contributed by atoms with Gasteiger partial charge in [0.2, 0.25) is 0 Å². The van der Waals surface area contributed by atoms with Gasteiger partial charge in [0.1, 0.15) is 5.82 Å². The fourth-order valence-corrected chi connectivity index (χ4v) is 2.95. The van der Waals surface area contributed by atoms with Gasteiger partial charge in [-0.2, -0.15) is 0 Å². The molecule has 1 aliphatic heterocycles. The summed E-state index contributed by atoms with van der Waals surface area (Å²) < 4.78 is 7.35. The van der Waals surface area contributed by atoms with Gasteiger partial charge in [-0.3, -0.25) is 4.90 Å². The van der Waals surface area contributed by atoms with Crippen LogP contribution in [-0.4, -0.2) is 47.8 Å². The van der Waals surface area contributed by atoms with Crippen LogP contribution in [0.3, 0.4) is 0 Å². The van der Waals surface area contributed by atoms with Crippen LogP contribution >= 0.6 is 0 Å². The Hall–Kier alpha value is -1.69. The van der Waals surface area contributed by atoms with Crippen LogP contribution in [0.25, 0.3) is 0 Å². The van der Waals surface area contributed by atoms with Crippen molar-refractivity contribution in [2.75, 3.05) is 33.4 Å². The number of hydrogen-bond acceptors (Lipinski definition) is 4. The van der Waals surface area contributed by atoms with E-state index >= 15 is 0 Å². The maximum absolute atomic E-state index is 5.16. The second-order valence-electron chi connectivity index (χ2n) is 5.68. The summed E-state index contributed by atoms with van der Waals surface area (Å²) in [6.07, 6.45) is 3.91. The van der Waals surface area contributed by atoms with Crippen LogP contribution in [0.1, 0.15) is 17.4 Å². The number of methoxy groups -OCH3 is 1. The number of nitrogens with zero attached hydrogens (tertiary/aromatic N) is 3. The molecule has 1 fully saturated rings. The number of piperazine rings is 1. The van der Waals surface area contributed by atoms with Crippen LogP contribution in [0.2, 0.25) is 0 Å². The lowest BCUT2D eigenvalue weighted by Crippen LogP contribution is -2.45. The minimum absolute atomic E-state index is 0.400.